The molecule has 1 aliphatic carbocycles. The molecule has 36 heavy (non-hydrogen) atoms. The Morgan fingerprint density at radius 3 is 2.53 bits per heavy atom. The number of amides is 2. The number of fused-ring (bicyclic) bond motifs is 1. The summed E-state index contributed by atoms with van der Waals surface area (Å²) in [6.45, 7) is 0. The second-order valence-electron chi connectivity index (χ2n) is 7.61. The van der Waals surface area contributed by atoms with Crippen LogP contribution in [-0.4, -0.2) is 37.1 Å². The standard InChI is InChI=1S/C25H20ClN3O6S/c1-34-25(33)20-16-9-6-12-19(16)36-23(20)28-21(30)22(31)29-27-13-14-7-2-5-11-18(14)35-24(32)15-8-3-4-10-17(15)26/h2-5,7-8,10-11,13H,6,9,12H2,1H3,(H,28,30)(H,29,31)/b27-13-. The van der Waals surface area contributed by atoms with E-state index in [1.54, 1.807) is 42.5 Å². The van der Waals surface area contributed by atoms with Crippen molar-refractivity contribution >= 4 is 57.9 Å². The fourth-order valence-corrected chi connectivity index (χ4v) is 5.13. The number of carbonyl (C=O) groups excluding carboxylic acids is 4. The number of esters is 2. The number of halogens is 1. The Balaban J connectivity index is 1.41. The van der Waals surface area contributed by atoms with Gasteiger partial charge in [0.1, 0.15) is 10.8 Å². The molecule has 0 radical (unpaired) electrons. The van der Waals surface area contributed by atoms with Gasteiger partial charge in [-0.05, 0) is 49.1 Å². The molecule has 0 saturated heterocycles. The smallest absolute Gasteiger partial charge is 0.345 e. The number of nitrogens with one attached hydrogen (secondary N) is 2. The fraction of sp³-hybridized carbons (Fsp3) is 0.160. The first-order valence-electron chi connectivity index (χ1n) is 10.8. The van der Waals surface area contributed by atoms with Crippen molar-refractivity contribution in [2.45, 2.75) is 19.3 Å². The zero-order valence-electron chi connectivity index (χ0n) is 19.0. The molecule has 4 rings (SSSR count). The van der Waals surface area contributed by atoms with E-state index in [1.165, 1.54) is 30.7 Å². The zero-order chi connectivity index (χ0) is 25.7. The molecule has 2 amide bonds. The Bertz CT molecular complexity index is 1380. The van der Waals surface area contributed by atoms with E-state index in [2.05, 4.69) is 15.8 Å². The first-order chi connectivity index (χ1) is 17.4. The molecule has 1 aromatic heterocycles. The number of benzene rings is 2. The summed E-state index contributed by atoms with van der Waals surface area (Å²) in [4.78, 5) is 50.4. The summed E-state index contributed by atoms with van der Waals surface area (Å²) < 4.78 is 10.3. The molecule has 11 heteroatoms. The maximum atomic E-state index is 12.5. The average molecular weight is 526 g/mol. The quantitative estimate of drug-likeness (QED) is 0.165. The van der Waals surface area contributed by atoms with Crippen LogP contribution in [0.5, 0.6) is 5.75 Å². The molecule has 184 valence electrons. The number of nitrogens with zero attached hydrogens (tertiary/aromatic N) is 1. The molecule has 2 aromatic carbocycles. The number of hydrogen-bond donors (Lipinski definition) is 2. The number of thiophene rings is 1. The highest BCUT2D eigenvalue weighted by Crippen LogP contribution is 2.39. The molecule has 0 spiro atoms. The number of hydrazone groups is 1. The van der Waals surface area contributed by atoms with E-state index in [9.17, 15) is 19.2 Å². The van der Waals surface area contributed by atoms with E-state index >= 15 is 0 Å². The van der Waals surface area contributed by atoms with Gasteiger partial charge in [0, 0.05) is 10.4 Å². The number of aryl methyl sites for hydroxylation is 1. The summed E-state index contributed by atoms with van der Waals surface area (Å²) in [5.41, 5.74) is 3.84. The molecule has 0 bridgehead atoms. The summed E-state index contributed by atoms with van der Waals surface area (Å²) in [5, 5.41) is 6.79. The number of para-hydroxylation sites is 1. The highest BCUT2D eigenvalue weighted by atomic mass is 35.5. The van der Waals surface area contributed by atoms with Crippen molar-refractivity contribution in [3.63, 3.8) is 0 Å². The van der Waals surface area contributed by atoms with Crippen LogP contribution in [0.1, 0.15) is 43.1 Å². The average Bonchev–Trinajstić information content (AvgIpc) is 3.45. The molecule has 3 aromatic rings. The van der Waals surface area contributed by atoms with E-state index in [4.69, 9.17) is 21.1 Å². The van der Waals surface area contributed by atoms with Crippen molar-refractivity contribution in [1.29, 1.82) is 0 Å². The van der Waals surface area contributed by atoms with Crippen molar-refractivity contribution < 1.29 is 28.7 Å². The van der Waals surface area contributed by atoms with Crippen LogP contribution in [0.2, 0.25) is 5.02 Å². The van der Waals surface area contributed by atoms with Gasteiger partial charge in [-0.15, -0.1) is 11.3 Å². The molecule has 1 heterocycles. The maximum Gasteiger partial charge on any atom is 0.345 e. The van der Waals surface area contributed by atoms with Crippen molar-refractivity contribution in [2.24, 2.45) is 5.10 Å². The lowest BCUT2D eigenvalue weighted by Gasteiger charge is -2.08. The van der Waals surface area contributed by atoms with Crippen LogP contribution in [0.3, 0.4) is 0 Å². The van der Waals surface area contributed by atoms with Gasteiger partial charge in [0.25, 0.3) is 0 Å². The number of rotatable bonds is 6. The van der Waals surface area contributed by atoms with Crippen molar-refractivity contribution in [2.75, 3.05) is 12.4 Å². The van der Waals surface area contributed by atoms with E-state index in [0.717, 1.165) is 23.3 Å². The van der Waals surface area contributed by atoms with Crippen molar-refractivity contribution in [3.8, 4) is 5.75 Å². The zero-order valence-corrected chi connectivity index (χ0v) is 20.6. The molecule has 0 unspecified atom stereocenters. The number of anilines is 1. The normalized spacial score (nSPS) is 12.2. The third-order valence-electron chi connectivity index (χ3n) is 5.33. The minimum atomic E-state index is -1.04. The summed E-state index contributed by atoms with van der Waals surface area (Å²) >= 11 is 7.31. The van der Waals surface area contributed by atoms with Crippen LogP contribution in [0.4, 0.5) is 5.00 Å². The monoisotopic (exact) mass is 525 g/mol. The van der Waals surface area contributed by atoms with Gasteiger partial charge in [0.2, 0.25) is 0 Å². The Labute approximate surface area is 215 Å². The number of hydrogen-bond acceptors (Lipinski definition) is 8. The Morgan fingerprint density at radius 2 is 1.75 bits per heavy atom. The summed E-state index contributed by atoms with van der Waals surface area (Å²) in [7, 11) is 1.26. The van der Waals surface area contributed by atoms with Gasteiger partial charge in [-0.25, -0.2) is 15.0 Å². The highest BCUT2D eigenvalue weighted by molar-refractivity contribution is 7.17. The lowest BCUT2D eigenvalue weighted by Crippen LogP contribution is -2.32. The Hall–Kier alpha value is -4.02. The molecule has 2 N–H and O–H groups in total. The second kappa shape index (κ2) is 11.1. The van der Waals surface area contributed by atoms with Gasteiger partial charge in [0.05, 0.1) is 29.5 Å². The summed E-state index contributed by atoms with van der Waals surface area (Å²) in [5.74, 6) is -3.07. The van der Waals surface area contributed by atoms with Crippen molar-refractivity contribution in [3.05, 3.63) is 80.7 Å². The van der Waals surface area contributed by atoms with Crippen LogP contribution >= 0.6 is 22.9 Å². The molecule has 1 aliphatic rings. The minimum absolute atomic E-state index is 0.181. The second-order valence-corrected chi connectivity index (χ2v) is 9.13. The lowest BCUT2D eigenvalue weighted by molar-refractivity contribution is -0.136. The minimum Gasteiger partial charge on any atom is -0.465 e. The van der Waals surface area contributed by atoms with Gasteiger partial charge >= 0.3 is 23.8 Å². The van der Waals surface area contributed by atoms with Crippen LogP contribution in [-0.2, 0) is 27.2 Å². The van der Waals surface area contributed by atoms with Crippen LogP contribution < -0.4 is 15.5 Å². The van der Waals surface area contributed by atoms with Gasteiger partial charge in [0.15, 0.2) is 0 Å². The van der Waals surface area contributed by atoms with Gasteiger partial charge in [-0.3, -0.25) is 9.59 Å². The largest absolute Gasteiger partial charge is 0.465 e. The van der Waals surface area contributed by atoms with Crippen LogP contribution in [0, 0.1) is 0 Å². The molecule has 0 atom stereocenters. The van der Waals surface area contributed by atoms with Crippen LogP contribution in [0.15, 0.2) is 53.6 Å². The van der Waals surface area contributed by atoms with E-state index in [-0.39, 0.29) is 26.9 Å². The third-order valence-corrected chi connectivity index (χ3v) is 6.87. The predicted molar refractivity (Wildman–Crippen MR) is 135 cm³/mol. The molecule has 0 saturated carbocycles. The first kappa shape index (κ1) is 25.1. The molecule has 0 fully saturated rings. The number of carbonyl (C=O) groups is 4. The van der Waals surface area contributed by atoms with Gasteiger partial charge in [-0.2, -0.15) is 5.10 Å². The Morgan fingerprint density at radius 1 is 1.00 bits per heavy atom. The summed E-state index contributed by atoms with van der Waals surface area (Å²) in [6, 6.07) is 13.0. The molecular formula is C25H20ClN3O6S. The van der Waals surface area contributed by atoms with E-state index < -0.39 is 23.8 Å². The maximum absolute atomic E-state index is 12.5. The molecule has 9 nitrogen and oxygen atoms in total. The highest BCUT2D eigenvalue weighted by Gasteiger charge is 2.29. The molecule has 0 aliphatic heterocycles. The van der Waals surface area contributed by atoms with Gasteiger partial charge < -0.3 is 14.8 Å². The SMILES string of the molecule is COC(=O)c1c(NC(=O)C(=O)N/N=C\c2ccccc2OC(=O)c2ccccc2Cl)sc2c1CCC2. The molecular weight excluding hydrogens is 506 g/mol. The Kier molecular flexibility index (Phi) is 7.77. The van der Waals surface area contributed by atoms with Gasteiger partial charge in [-0.1, -0.05) is 35.9 Å². The first-order valence-corrected chi connectivity index (χ1v) is 12.0. The summed E-state index contributed by atoms with van der Waals surface area (Å²) in [6.07, 6.45) is 3.67. The lowest BCUT2D eigenvalue weighted by atomic mass is 10.1. The van der Waals surface area contributed by atoms with E-state index in [1.807, 2.05) is 0 Å². The third kappa shape index (κ3) is 5.45. The fourth-order valence-electron chi connectivity index (χ4n) is 3.64. The van der Waals surface area contributed by atoms with Crippen molar-refractivity contribution in [1.82, 2.24) is 5.43 Å². The predicted octanol–water partition coefficient (Wildman–Crippen LogP) is 3.98. The topological polar surface area (TPSA) is 123 Å². The number of ether oxygens (including phenoxy) is 2. The number of methoxy groups -OCH3 is 1. The van der Waals surface area contributed by atoms with Crippen LogP contribution in [0.25, 0.3) is 0 Å². The van der Waals surface area contributed by atoms with E-state index in [0.29, 0.717) is 12.0 Å².